The van der Waals surface area contributed by atoms with E-state index >= 15 is 0 Å². The molecular formula is C13H11N3O. The Bertz CT molecular complexity index is 663. The molecule has 0 N–H and O–H groups in total. The van der Waals surface area contributed by atoms with Crippen LogP contribution in [0.15, 0.2) is 24.4 Å². The largest absolute Gasteiger partial charge is 0.334 e. The zero-order chi connectivity index (χ0) is 12.0. The van der Waals surface area contributed by atoms with E-state index in [0.29, 0.717) is 18.8 Å². The average molecular weight is 225 g/mol. The summed E-state index contributed by atoms with van der Waals surface area (Å²) in [6.07, 6.45) is 1.89. The van der Waals surface area contributed by atoms with Crippen LogP contribution in [0, 0.1) is 11.3 Å². The lowest BCUT2D eigenvalue weighted by molar-refractivity contribution is -0.130. The molecule has 3 heterocycles. The number of hydrogen-bond donors (Lipinski definition) is 0. The molecule has 1 amide bonds. The normalized spacial score (nSPS) is 13.8. The Hall–Kier alpha value is -2.28. The number of hydrogen-bond acceptors (Lipinski definition) is 2. The Morgan fingerprint density at radius 1 is 1.41 bits per heavy atom. The van der Waals surface area contributed by atoms with Gasteiger partial charge in [-0.2, -0.15) is 5.26 Å². The topological polar surface area (TPSA) is 48.5 Å². The van der Waals surface area contributed by atoms with E-state index in [2.05, 4.69) is 6.07 Å². The van der Waals surface area contributed by atoms with Gasteiger partial charge in [0.1, 0.15) is 11.8 Å². The van der Waals surface area contributed by atoms with Gasteiger partial charge >= 0.3 is 0 Å². The molecule has 0 unspecified atom stereocenters. The van der Waals surface area contributed by atoms with Gasteiger partial charge in [0.15, 0.2) is 0 Å². The first kappa shape index (κ1) is 9.91. The van der Waals surface area contributed by atoms with E-state index in [9.17, 15) is 4.79 Å². The molecule has 4 heteroatoms. The quantitative estimate of drug-likeness (QED) is 0.684. The van der Waals surface area contributed by atoms with Crippen molar-refractivity contribution in [2.24, 2.45) is 0 Å². The third kappa shape index (κ3) is 1.32. The van der Waals surface area contributed by atoms with Crippen LogP contribution in [0.1, 0.15) is 23.7 Å². The number of carbonyl (C=O) groups excluding carboxylic acids is 1. The molecule has 3 rings (SSSR count). The van der Waals surface area contributed by atoms with Crippen LogP contribution in [0.4, 0.5) is 0 Å². The Kier molecular flexibility index (Phi) is 1.96. The van der Waals surface area contributed by atoms with E-state index in [0.717, 1.165) is 16.6 Å². The van der Waals surface area contributed by atoms with Gasteiger partial charge in [0, 0.05) is 26.2 Å². The fraction of sp³-hybridized carbons (Fsp3) is 0.231. The van der Waals surface area contributed by atoms with E-state index in [1.165, 1.54) is 0 Å². The first-order chi connectivity index (χ1) is 8.20. The third-order valence-electron chi connectivity index (χ3n) is 3.23. The Labute approximate surface area is 98.7 Å². The molecule has 2 aromatic heterocycles. The highest BCUT2D eigenvalue weighted by Gasteiger charge is 2.22. The standard InChI is InChI=1S/C13H11N3O/c1-9(17)15-7-10-3-2-4-16-12(6-14)5-11(8-15)13(10)16/h2-5H,7-8H2,1H3. The van der Waals surface area contributed by atoms with E-state index in [1.807, 2.05) is 28.8 Å². The maximum absolute atomic E-state index is 11.5. The minimum Gasteiger partial charge on any atom is -0.334 e. The predicted octanol–water partition coefficient (Wildman–Crippen LogP) is 1.67. The molecule has 0 aromatic carbocycles. The number of carbonyl (C=O) groups is 1. The lowest BCUT2D eigenvalue weighted by Gasteiger charge is -2.26. The van der Waals surface area contributed by atoms with Gasteiger partial charge in [-0.1, -0.05) is 6.07 Å². The van der Waals surface area contributed by atoms with Gasteiger partial charge in [-0.25, -0.2) is 0 Å². The molecule has 0 bridgehead atoms. The lowest BCUT2D eigenvalue weighted by Crippen LogP contribution is -2.30. The first-order valence-corrected chi connectivity index (χ1v) is 5.48. The maximum atomic E-state index is 11.5. The molecule has 0 saturated heterocycles. The minimum atomic E-state index is 0.0670. The summed E-state index contributed by atoms with van der Waals surface area (Å²) in [5, 5.41) is 9.08. The molecule has 84 valence electrons. The lowest BCUT2D eigenvalue weighted by atomic mass is 10.1. The molecule has 1 aliphatic heterocycles. The highest BCUT2D eigenvalue weighted by Crippen LogP contribution is 2.28. The molecule has 0 saturated carbocycles. The van der Waals surface area contributed by atoms with Crippen molar-refractivity contribution < 1.29 is 4.79 Å². The average Bonchev–Trinajstić information content (AvgIpc) is 2.69. The van der Waals surface area contributed by atoms with E-state index < -0.39 is 0 Å². The highest BCUT2D eigenvalue weighted by molar-refractivity contribution is 5.76. The summed E-state index contributed by atoms with van der Waals surface area (Å²) in [5.41, 5.74) is 3.87. The summed E-state index contributed by atoms with van der Waals surface area (Å²) in [6, 6.07) is 7.97. The Morgan fingerprint density at radius 3 is 2.88 bits per heavy atom. The van der Waals surface area contributed by atoms with Gasteiger partial charge in [-0.05, 0) is 23.3 Å². The van der Waals surface area contributed by atoms with Crippen molar-refractivity contribution in [2.75, 3.05) is 0 Å². The number of aromatic nitrogens is 1. The number of nitrogens with zero attached hydrogens (tertiary/aromatic N) is 3. The fourth-order valence-electron chi connectivity index (χ4n) is 2.44. The molecule has 0 fully saturated rings. The second-order valence-electron chi connectivity index (χ2n) is 4.29. The van der Waals surface area contributed by atoms with Crippen LogP contribution in [0.25, 0.3) is 5.52 Å². The van der Waals surface area contributed by atoms with Crippen molar-refractivity contribution >= 4 is 11.4 Å². The molecule has 17 heavy (non-hydrogen) atoms. The van der Waals surface area contributed by atoms with Crippen LogP contribution in [0.3, 0.4) is 0 Å². The predicted molar refractivity (Wildman–Crippen MR) is 62.0 cm³/mol. The van der Waals surface area contributed by atoms with Gasteiger partial charge < -0.3 is 9.30 Å². The summed E-state index contributed by atoms with van der Waals surface area (Å²) in [5.74, 6) is 0.0670. The number of nitriles is 1. The van der Waals surface area contributed by atoms with Crippen LogP contribution in [-0.2, 0) is 17.9 Å². The SMILES string of the molecule is CC(=O)N1Cc2cccn3c(C#N)cc(c23)C1. The van der Waals surface area contributed by atoms with Crippen molar-refractivity contribution in [1.82, 2.24) is 9.30 Å². The van der Waals surface area contributed by atoms with Gasteiger partial charge in [0.05, 0.1) is 5.52 Å². The van der Waals surface area contributed by atoms with Crippen molar-refractivity contribution in [3.8, 4) is 6.07 Å². The Morgan fingerprint density at radius 2 is 2.18 bits per heavy atom. The molecule has 0 spiro atoms. The van der Waals surface area contributed by atoms with Gasteiger partial charge in [-0.3, -0.25) is 4.79 Å². The second kappa shape index (κ2) is 3.36. The maximum Gasteiger partial charge on any atom is 0.220 e. The smallest absolute Gasteiger partial charge is 0.220 e. The minimum absolute atomic E-state index is 0.0670. The van der Waals surface area contributed by atoms with Crippen molar-refractivity contribution in [3.05, 3.63) is 41.2 Å². The molecule has 0 aliphatic carbocycles. The third-order valence-corrected chi connectivity index (χ3v) is 3.23. The molecule has 0 radical (unpaired) electrons. The zero-order valence-corrected chi connectivity index (χ0v) is 9.47. The van der Waals surface area contributed by atoms with Crippen molar-refractivity contribution in [1.29, 1.82) is 5.26 Å². The molecular weight excluding hydrogens is 214 g/mol. The number of amides is 1. The summed E-state index contributed by atoms with van der Waals surface area (Å²) in [4.78, 5) is 13.2. The zero-order valence-electron chi connectivity index (χ0n) is 9.47. The summed E-state index contributed by atoms with van der Waals surface area (Å²) < 4.78 is 1.90. The van der Waals surface area contributed by atoms with Crippen LogP contribution in [-0.4, -0.2) is 15.2 Å². The second-order valence-corrected chi connectivity index (χ2v) is 4.29. The molecule has 1 aliphatic rings. The van der Waals surface area contributed by atoms with Crippen LogP contribution in [0.5, 0.6) is 0 Å². The number of pyridine rings is 1. The van der Waals surface area contributed by atoms with Crippen LogP contribution < -0.4 is 0 Å². The molecule has 2 aromatic rings. The van der Waals surface area contributed by atoms with Crippen LogP contribution >= 0.6 is 0 Å². The van der Waals surface area contributed by atoms with E-state index in [1.54, 1.807) is 11.8 Å². The van der Waals surface area contributed by atoms with Gasteiger partial charge in [-0.15, -0.1) is 0 Å². The van der Waals surface area contributed by atoms with Crippen molar-refractivity contribution in [2.45, 2.75) is 20.0 Å². The molecule has 4 nitrogen and oxygen atoms in total. The van der Waals surface area contributed by atoms with Gasteiger partial charge in [0.25, 0.3) is 0 Å². The molecule has 0 atom stereocenters. The summed E-state index contributed by atoms with van der Waals surface area (Å²) >= 11 is 0. The van der Waals surface area contributed by atoms with Crippen molar-refractivity contribution in [3.63, 3.8) is 0 Å². The fourth-order valence-corrected chi connectivity index (χ4v) is 2.44. The Balaban J connectivity index is 2.26. The summed E-state index contributed by atoms with van der Waals surface area (Å²) in [6.45, 7) is 2.80. The number of rotatable bonds is 0. The van der Waals surface area contributed by atoms with E-state index in [4.69, 9.17) is 5.26 Å². The summed E-state index contributed by atoms with van der Waals surface area (Å²) in [7, 11) is 0. The first-order valence-electron chi connectivity index (χ1n) is 5.48. The monoisotopic (exact) mass is 225 g/mol. The van der Waals surface area contributed by atoms with Gasteiger partial charge in [0.2, 0.25) is 5.91 Å². The van der Waals surface area contributed by atoms with Crippen LogP contribution in [0.2, 0.25) is 0 Å². The van der Waals surface area contributed by atoms with E-state index in [-0.39, 0.29) is 5.91 Å². The highest BCUT2D eigenvalue weighted by atomic mass is 16.2.